The van der Waals surface area contributed by atoms with Crippen molar-refractivity contribution in [3.05, 3.63) is 34.9 Å². The van der Waals surface area contributed by atoms with Crippen molar-refractivity contribution in [2.45, 2.75) is 45.2 Å². The third-order valence-electron chi connectivity index (χ3n) is 3.99. The van der Waals surface area contributed by atoms with Crippen LogP contribution in [0.5, 0.6) is 0 Å². The zero-order valence-electron chi connectivity index (χ0n) is 15.1. The fourth-order valence-corrected chi connectivity index (χ4v) is 3.15. The minimum Gasteiger partial charge on any atom is -0.354 e. The smallest absolute Gasteiger partial charge is 0.191 e. The van der Waals surface area contributed by atoms with Gasteiger partial charge in [-0.25, -0.2) is 0 Å². The first-order valence-corrected chi connectivity index (χ1v) is 8.75. The molecule has 0 spiro atoms. The van der Waals surface area contributed by atoms with Crippen LogP contribution in [-0.2, 0) is 0 Å². The van der Waals surface area contributed by atoms with Gasteiger partial charge < -0.3 is 10.6 Å². The van der Waals surface area contributed by atoms with Gasteiger partial charge in [0.05, 0.1) is 6.04 Å². The van der Waals surface area contributed by atoms with E-state index >= 15 is 0 Å². The molecular weight excluding hydrogens is 435 g/mol. The Morgan fingerprint density at radius 2 is 1.96 bits per heavy atom. The Morgan fingerprint density at radius 1 is 1.29 bits per heavy atom. The predicted molar refractivity (Wildman–Crippen MR) is 115 cm³/mol. The molecule has 1 aromatic rings. The summed E-state index contributed by atoms with van der Waals surface area (Å²) in [5, 5.41) is 7.68. The molecular formula is C18H30ClIN4. The van der Waals surface area contributed by atoms with Gasteiger partial charge in [0.2, 0.25) is 0 Å². The van der Waals surface area contributed by atoms with Crippen molar-refractivity contribution >= 4 is 41.5 Å². The predicted octanol–water partition coefficient (Wildman–Crippen LogP) is 4.06. The highest BCUT2D eigenvalue weighted by Crippen LogP contribution is 2.26. The standard InChI is InChI=1S/C18H29ClN4.HI/c1-18(2,3)22-17(20-4)21-13-16(23-10-5-6-11-23)14-8-7-9-15(19)12-14;/h7-9,12,16H,5-6,10-11,13H2,1-4H3,(H2,20,21,22);1H. The van der Waals surface area contributed by atoms with Gasteiger partial charge in [-0.05, 0) is 64.4 Å². The van der Waals surface area contributed by atoms with Crippen LogP contribution in [0.3, 0.4) is 0 Å². The molecule has 0 bridgehead atoms. The number of nitrogens with one attached hydrogen (secondary N) is 2. The number of hydrogen-bond donors (Lipinski definition) is 2. The SMILES string of the molecule is CN=C(NCC(c1cccc(Cl)c1)N1CCCC1)NC(C)(C)C.I. The van der Waals surface area contributed by atoms with Gasteiger partial charge in [-0.15, -0.1) is 24.0 Å². The number of benzene rings is 1. The summed E-state index contributed by atoms with van der Waals surface area (Å²) in [4.78, 5) is 6.86. The van der Waals surface area contributed by atoms with E-state index in [1.807, 2.05) is 19.2 Å². The van der Waals surface area contributed by atoms with Gasteiger partial charge >= 0.3 is 0 Å². The van der Waals surface area contributed by atoms with Crippen molar-refractivity contribution in [2.24, 2.45) is 4.99 Å². The molecule has 1 atom stereocenters. The third kappa shape index (κ3) is 6.76. The maximum atomic E-state index is 6.20. The van der Waals surface area contributed by atoms with E-state index in [0.29, 0.717) is 6.04 Å². The van der Waals surface area contributed by atoms with E-state index < -0.39 is 0 Å². The molecule has 1 fully saturated rings. The minimum absolute atomic E-state index is 0. The largest absolute Gasteiger partial charge is 0.354 e. The van der Waals surface area contributed by atoms with Crippen LogP contribution in [0.2, 0.25) is 5.02 Å². The van der Waals surface area contributed by atoms with Crippen LogP contribution < -0.4 is 10.6 Å². The van der Waals surface area contributed by atoms with E-state index in [2.05, 4.69) is 53.4 Å². The lowest BCUT2D eigenvalue weighted by Gasteiger charge is -2.30. The third-order valence-corrected chi connectivity index (χ3v) is 4.23. The van der Waals surface area contributed by atoms with Crippen LogP contribution in [-0.4, -0.2) is 43.1 Å². The van der Waals surface area contributed by atoms with Gasteiger partial charge in [0, 0.05) is 24.2 Å². The second kappa shape index (κ2) is 9.82. The summed E-state index contributed by atoms with van der Waals surface area (Å²) in [6.07, 6.45) is 2.54. The van der Waals surface area contributed by atoms with Crippen LogP contribution in [0.15, 0.2) is 29.3 Å². The lowest BCUT2D eigenvalue weighted by Crippen LogP contribution is -2.49. The molecule has 0 saturated carbocycles. The van der Waals surface area contributed by atoms with Crippen LogP contribution >= 0.6 is 35.6 Å². The first-order chi connectivity index (χ1) is 10.9. The summed E-state index contributed by atoms with van der Waals surface area (Å²) in [6.45, 7) is 9.50. The maximum Gasteiger partial charge on any atom is 0.191 e. The molecule has 2 N–H and O–H groups in total. The molecule has 2 rings (SSSR count). The number of guanidine groups is 1. The van der Waals surface area contributed by atoms with Gasteiger partial charge in [0.25, 0.3) is 0 Å². The Kier molecular flexibility index (Phi) is 8.81. The Morgan fingerprint density at radius 3 is 2.50 bits per heavy atom. The molecule has 1 unspecified atom stereocenters. The number of likely N-dealkylation sites (tertiary alicyclic amines) is 1. The van der Waals surface area contributed by atoms with Gasteiger partial charge in [0.1, 0.15) is 0 Å². The zero-order valence-corrected chi connectivity index (χ0v) is 18.2. The number of rotatable bonds is 4. The lowest BCUT2D eigenvalue weighted by molar-refractivity contribution is 0.245. The van der Waals surface area contributed by atoms with Crippen molar-refractivity contribution in [3.8, 4) is 0 Å². The maximum absolute atomic E-state index is 6.20. The molecule has 4 nitrogen and oxygen atoms in total. The van der Waals surface area contributed by atoms with Gasteiger partial charge in [-0.1, -0.05) is 23.7 Å². The quantitative estimate of drug-likeness (QED) is 0.401. The Bertz CT molecular complexity index is 536. The second-order valence-corrected chi connectivity index (χ2v) is 7.58. The van der Waals surface area contributed by atoms with E-state index in [-0.39, 0.29) is 29.5 Å². The highest BCUT2D eigenvalue weighted by Gasteiger charge is 2.24. The number of aliphatic imine (C=N–C) groups is 1. The van der Waals surface area contributed by atoms with E-state index in [9.17, 15) is 0 Å². The molecule has 0 radical (unpaired) electrons. The highest BCUT2D eigenvalue weighted by atomic mass is 127. The molecule has 0 aromatic heterocycles. The molecule has 1 aromatic carbocycles. The monoisotopic (exact) mass is 464 g/mol. The number of halogens is 2. The molecule has 1 heterocycles. The molecule has 1 saturated heterocycles. The molecule has 0 aliphatic carbocycles. The molecule has 1 aliphatic rings. The van der Waals surface area contributed by atoms with E-state index in [0.717, 1.165) is 30.6 Å². The van der Waals surface area contributed by atoms with E-state index in [4.69, 9.17) is 11.6 Å². The fourth-order valence-electron chi connectivity index (χ4n) is 2.95. The molecule has 0 amide bonds. The fraction of sp³-hybridized carbons (Fsp3) is 0.611. The Balaban J connectivity index is 0.00000288. The van der Waals surface area contributed by atoms with Gasteiger partial charge in [-0.3, -0.25) is 9.89 Å². The number of hydrogen-bond acceptors (Lipinski definition) is 2. The number of nitrogens with zero attached hydrogens (tertiary/aromatic N) is 2. The van der Waals surface area contributed by atoms with Crippen molar-refractivity contribution in [3.63, 3.8) is 0 Å². The van der Waals surface area contributed by atoms with Crippen LogP contribution in [0.4, 0.5) is 0 Å². The average molecular weight is 465 g/mol. The molecule has 1 aliphatic heterocycles. The Labute approximate surface area is 168 Å². The highest BCUT2D eigenvalue weighted by molar-refractivity contribution is 14.0. The summed E-state index contributed by atoms with van der Waals surface area (Å²) in [5.41, 5.74) is 1.25. The van der Waals surface area contributed by atoms with Crippen molar-refractivity contribution in [2.75, 3.05) is 26.7 Å². The first-order valence-electron chi connectivity index (χ1n) is 8.37. The summed E-state index contributed by atoms with van der Waals surface area (Å²) in [7, 11) is 1.81. The van der Waals surface area contributed by atoms with Crippen LogP contribution in [0.1, 0.15) is 45.2 Å². The summed E-state index contributed by atoms with van der Waals surface area (Å²) < 4.78 is 0. The van der Waals surface area contributed by atoms with Gasteiger partial charge in [-0.2, -0.15) is 0 Å². The molecule has 6 heteroatoms. The average Bonchev–Trinajstić information content (AvgIpc) is 2.99. The van der Waals surface area contributed by atoms with Crippen molar-refractivity contribution < 1.29 is 0 Å². The normalized spacial score (nSPS) is 17.3. The first kappa shape index (κ1) is 21.5. The van der Waals surface area contributed by atoms with E-state index in [1.54, 1.807) is 0 Å². The second-order valence-electron chi connectivity index (χ2n) is 7.14. The summed E-state index contributed by atoms with van der Waals surface area (Å²) >= 11 is 6.20. The minimum atomic E-state index is -0.0129. The summed E-state index contributed by atoms with van der Waals surface area (Å²) in [6, 6.07) is 8.51. The van der Waals surface area contributed by atoms with Crippen LogP contribution in [0, 0.1) is 0 Å². The van der Waals surface area contributed by atoms with Crippen LogP contribution in [0.25, 0.3) is 0 Å². The molecule has 24 heavy (non-hydrogen) atoms. The topological polar surface area (TPSA) is 39.7 Å². The van der Waals surface area contributed by atoms with Gasteiger partial charge in [0.15, 0.2) is 5.96 Å². The zero-order chi connectivity index (χ0) is 16.9. The summed E-state index contributed by atoms with van der Waals surface area (Å²) in [5.74, 6) is 0.837. The Hall–Kier alpha value is -0.530. The van der Waals surface area contributed by atoms with Crippen molar-refractivity contribution in [1.82, 2.24) is 15.5 Å². The lowest BCUT2D eigenvalue weighted by atomic mass is 10.1. The van der Waals surface area contributed by atoms with Crippen molar-refractivity contribution in [1.29, 1.82) is 0 Å². The van der Waals surface area contributed by atoms with E-state index in [1.165, 1.54) is 18.4 Å². The molecule has 136 valence electrons.